The molecule has 4 rings (SSSR count). The van der Waals surface area contributed by atoms with E-state index in [-0.39, 0.29) is 17.4 Å². The minimum atomic E-state index is -0.556. The van der Waals surface area contributed by atoms with Gasteiger partial charge in [-0.3, -0.25) is 14.6 Å². The molecule has 0 spiro atoms. The molecule has 2 aromatic heterocycles. The van der Waals surface area contributed by atoms with Crippen LogP contribution < -0.4 is 15.0 Å². The Balaban J connectivity index is 1.41. The van der Waals surface area contributed by atoms with Crippen LogP contribution in [0.15, 0.2) is 59.5 Å². The molecule has 0 radical (unpaired) electrons. The van der Waals surface area contributed by atoms with Crippen molar-refractivity contribution in [3.8, 4) is 22.9 Å². The minimum Gasteiger partial charge on any atom is -0.497 e. The highest BCUT2D eigenvalue weighted by Gasteiger charge is 2.30. The molecule has 1 atom stereocenters. The first kappa shape index (κ1) is 22.5. The van der Waals surface area contributed by atoms with Gasteiger partial charge in [-0.25, -0.2) is 4.98 Å². The SMILES string of the molecule is CCC(Oc1cccc(OC)c1)C(=O)N1CCC(c2nc(-c3ccccn3)cc(=O)[nH]2)CC1. The van der Waals surface area contributed by atoms with Crippen LogP contribution in [0.3, 0.4) is 0 Å². The first-order chi connectivity index (χ1) is 16.1. The molecule has 172 valence electrons. The molecule has 8 heteroatoms. The van der Waals surface area contributed by atoms with Gasteiger partial charge < -0.3 is 19.4 Å². The average Bonchev–Trinajstić information content (AvgIpc) is 2.87. The molecule has 1 saturated heterocycles. The van der Waals surface area contributed by atoms with Gasteiger partial charge in [0.05, 0.1) is 18.5 Å². The fraction of sp³-hybridized carbons (Fsp3) is 0.360. The molecule has 1 N–H and O–H groups in total. The Morgan fingerprint density at radius 3 is 2.61 bits per heavy atom. The molecule has 0 aliphatic carbocycles. The Morgan fingerprint density at radius 1 is 1.12 bits per heavy atom. The number of aromatic nitrogens is 3. The lowest BCUT2D eigenvalue weighted by atomic mass is 9.95. The molecule has 33 heavy (non-hydrogen) atoms. The third kappa shape index (κ3) is 5.39. The van der Waals surface area contributed by atoms with Gasteiger partial charge in [-0.05, 0) is 43.5 Å². The van der Waals surface area contributed by atoms with E-state index in [1.165, 1.54) is 6.07 Å². The Morgan fingerprint density at radius 2 is 1.91 bits per heavy atom. The Bertz CT molecular complexity index is 1140. The molecule has 1 aliphatic heterocycles. The van der Waals surface area contributed by atoms with Crippen molar-refractivity contribution in [2.24, 2.45) is 0 Å². The molecule has 1 unspecified atom stereocenters. The normalized spacial score (nSPS) is 15.2. The van der Waals surface area contributed by atoms with Crippen molar-refractivity contribution in [1.82, 2.24) is 19.9 Å². The van der Waals surface area contributed by atoms with Crippen LogP contribution in [-0.4, -0.2) is 52.1 Å². The number of nitrogens with one attached hydrogen (secondary N) is 1. The predicted octanol–water partition coefficient (Wildman–Crippen LogP) is 3.40. The van der Waals surface area contributed by atoms with E-state index >= 15 is 0 Å². The smallest absolute Gasteiger partial charge is 0.263 e. The number of nitrogens with zero attached hydrogens (tertiary/aromatic N) is 3. The summed E-state index contributed by atoms with van der Waals surface area (Å²) in [7, 11) is 1.60. The Hall–Kier alpha value is -3.68. The van der Waals surface area contributed by atoms with E-state index in [4.69, 9.17) is 9.47 Å². The summed E-state index contributed by atoms with van der Waals surface area (Å²) in [5, 5.41) is 0. The summed E-state index contributed by atoms with van der Waals surface area (Å²) in [6, 6.07) is 14.3. The predicted molar refractivity (Wildman–Crippen MR) is 124 cm³/mol. The summed E-state index contributed by atoms with van der Waals surface area (Å²) >= 11 is 0. The summed E-state index contributed by atoms with van der Waals surface area (Å²) < 4.78 is 11.2. The first-order valence-corrected chi connectivity index (χ1v) is 11.2. The topological polar surface area (TPSA) is 97.4 Å². The second-order valence-corrected chi connectivity index (χ2v) is 8.02. The number of piperidine rings is 1. The van der Waals surface area contributed by atoms with E-state index in [2.05, 4.69) is 15.0 Å². The van der Waals surface area contributed by atoms with Gasteiger partial charge in [0.15, 0.2) is 6.10 Å². The van der Waals surface area contributed by atoms with Gasteiger partial charge >= 0.3 is 0 Å². The zero-order chi connectivity index (χ0) is 23.2. The summed E-state index contributed by atoms with van der Waals surface area (Å²) in [5.74, 6) is 1.99. The number of benzene rings is 1. The lowest BCUT2D eigenvalue weighted by Crippen LogP contribution is -2.45. The monoisotopic (exact) mass is 448 g/mol. The molecular formula is C25H28N4O4. The number of likely N-dealkylation sites (tertiary alicyclic amines) is 1. The van der Waals surface area contributed by atoms with Crippen LogP contribution in [0.2, 0.25) is 0 Å². The summed E-state index contributed by atoms with van der Waals surface area (Å²) in [6.45, 7) is 3.10. The van der Waals surface area contributed by atoms with Gasteiger partial charge in [-0.1, -0.05) is 19.1 Å². The molecule has 0 bridgehead atoms. The van der Waals surface area contributed by atoms with Crippen molar-refractivity contribution in [2.75, 3.05) is 20.2 Å². The van der Waals surface area contributed by atoms with Crippen molar-refractivity contribution in [3.05, 3.63) is 70.9 Å². The quantitative estimate of drug-likeness (QED) is 0.595. The van der Waals surface area contributed by atoms with E-state index in [9.17, 15) is 9.59 Å². The molecule has 1 aliphatic rings. The fourth-order valence-electron chi connectivity index (χ4n) is 4.04. The number of methoxy groups -OCH3 is 1. The van der Waals surface area contributed by atoms with Crippen LogP contribution in [0.25, 0.3) is 11.4 Å². The number of ether oxygens (including phenoxy) is 2. The summed E-state index contributed by atoms with van der Waals surface area (Å²) in [5.41, 5.74) is 1.03. The van der Waals surface area contributed by atoms with Crippen LogP contribution in [0, 0.1) is 0 Å². The molecule has 1 aromatic carbocycles. The van der Waals surface area contributed by atoms with Gasteiger partial charge in [0.1, 0.15) is 17.3 Å². The number of H-pyrrole nitrogens is 1. The van der Waals surface area contributed by atoms with Crippen LogP contribution in [0.4, 0.5) is 0 Å². The number of hydrogen-bond acceptors (Lipinski definition) is 6. The van der Waals surface area contributed by atoms with Crippen LogP contribution in [0.1, 0.15) is 37.9 Å². The number of pyridine rings is 1. The second-order valence-electron chi connectivity index (χ2n) is 8.02. The largest absolute Gasteiger partial charge is 0.497 e. The van der Waals surface area contributed by atoms with Gasteiger partial charge in [0.25, 0.3) is 11.5 Å². The maximum absolute atomic E-state index is 13.1. The highest BCUT2D eigenvalue weighted by atomic mass is 16.5. The molecule has 0 saturated carbocycles. The van der Waals surface area contributed by atoms with E-state index in [0.717, 1.165) is 12.8 Å². The third-order valence-corrected chi connectivity index (χ3v) is 5.85. The average molecular weight is 449 g/mol. The van der Waals surface area contributed by atoms with Crippen LogP contribution in [-0.2, 0) is 4.79 Å². The maximum Gasteiger partial charge on any atom is 0.263 e. The molecule has 8 nitrogen and oxygen atoms in total. The highest BCUT2D eigenvalue weighted by Crippen LogP contribution is 2.27. The van der Waals surface area contributed by atoms with Crippen molar-refractivity contribution < 1.29 is 14.3 Å². The van der Waals surface area contributed by atoms with E-state index in [1.807, 2.05) is 48.2 Å². The fourth-order valence-corrected chi connectivity index (χ4v) is 4.04. The zero-order valence-electron chi connectivity index (χ0n) is 18.9. The van der Waals surface area contributed by atoms with Gasteiger partial charge in [0.2, 0.25) is 0 Å². The van der Waals surface area contributed by atoms with E-state index in [1.54, 1.807) is 19.4 Å². The molecule has 3 aromatic rings. The number of hydrogen-bond donors (Lipinski definition) is 1. The number of carbonyl (C=O) groups is 1. The minimum absolute atomic E-state index is 0.0255. The molecule has 1 amide bonds. The van der Waals surface area contributed by atoms with Crippen molar-refractivity contribution >= 4 is 5.91 Å². The second kappa shape index (κ2) is 10.3. The molecular weight excluding hydrogens is 420 g/mol. The standard InChI is InChI=1S/C25H28N4O4/c1-3-22(33-19-8-6-7-18(15-19)32-2)25(31)29-13-10-17(11-14-29)24-27-21(16-23(30)28-24)20-9-4-5-12-26-20/h4-9,12,15-17,22H,3,10-11,13-14H2,1-2H3,(H,27,28,30). The van der Waals surface area contributed by atoms with Crippen LogP contribution >= 0.6 is 0 Å². The number of amides is 1. The maximum atomic E-state index is 13.1. The lowest BCUT2D eigenvalue weighted by Gasteiger charge is -2.33. The number of rotatable bonds is 7. The Kier molecular flexibility index (Phi) is 7.02. The molecule has 3 heterocycles. The van der Waals surface area contributed by atoms with Crippen molar-refractivity contribution in [3.63, 3.8) is 0 Å². The van der Waals surface area contributed by atoms with Crippen molar-refractivity contribution in [2.45, 2.75) is 38.2 Å². The zero-order valence-corrected chi connectivity index (χ0v) is 18.9. The number of aromatic amines is 1. The highest BCUT2D eigenvalue weighted by molar-refractivity contribution is 5.81. The van der Waals surface area contributed by atoms with E-state index < -0.39 is 6.10 Å². The lowest BCUT2D eigenvalue weighted by molar-refractivity contribution is -0.140. The van der Waals surface area contributed by atoms with Gasteiger partial charge in [-0.2, -0.15) is 0 Å². The number of carbonyl (C=O) groups excluding carboxylic acids is 1. The summed E-state index contributed by atoms with van der Waals surface area (Å²) in [6.07, 6.45) is 3.13. The molecule has 1 fully saturated rings. The van der Waals surface area contributed by atoms with Gasteiger partial charge in [-0.15, -0.1) is 0 Å². The summed E-state index contributed by atoms with van der Waals surface area (Å²) in [4.78, 5) is 39.0. The third-order valence-electron chi connectivity index (χ3n) is 5.85. The first-order valence-electron chi connectivity index (χ1n) is 11.2. The van der Waals surface area contributed by atoms with Gasteiger partial charge in [0, 0.05) is 37.3 Å². The van der Waals surface area contributed by atoms with E-state index in [0.29, 0.717) is 48.2 Å². The Labute approximate surface area is 192 Å². The van der Waals surface area contributed by atoms with Crippen molar-refractivity contribution in [1.29, 1.82) is 0 Å². The van der Waals surface area contributed by atoms with Crippen LogP contribution in [0.5, 0.6) is 11.5 Å².